The number of nitro groups is 1. The van der Waals surface area contributed by atoms with E-state index in [4.69, 9.17) is 5.11 Å². The third-order valence-corrected chi connectivity index (χ3v) is 2.79. The minimum atomic E-state index is -1.24. The van der Waals surface area contributed by atoms with Gasteiger partial charge in [0, 0.05) is 0 Å². The monoisotopic (exact) mass is 225 g/mol. The lowest BCUT2D eigenvalue weighted by molar-refractivity contribution is -0.393. The predicted octanol–water partition coefficient (Wildman–Crippen LogP) is 1.60. The number of aromatic nitrogens is 2. The number of hydrogen-bond donors (Lipinski definition) is 1. The second kappa shape index (κ2) is 3.92. The summed E-state index contributed by atoms with van der Waals surface area (Å²) >= 11 is 0. The first kappa shape index (κ1) is 10.6. The molecule has 0 unspecified atom stereocenters. The van der Waals surface area contributed by atoms with Gasteiger partial charge < -0.3 is 15.2 Å². The van der Waals surface area contributed by atoms with Gasteiger partial charge in [-0.15, -0.1) is 4.68 Å². The SMILES string of the molecule is O=C(O)c1cc([N+](=O)[O-])n(C2CCCC2)n1. The van der Waals surface area contributed by atoms with E-state index in [0.717, 1.165) is 31.7 Å². The van der Waals surface area contributed by atoms with Crippen LogP contribution in [0.25, 0.3) is 0 Å². The first-order valence-electron chi connectivity index (χ1n) is 5.07. The molecule has 1 heterocycles. The van der Waals surface area contributed by atoms with Crippen molar-refractivity contribution in [3.8, 4) is 0 Å². The van der Waals surface area contributed by atoms with Gasteiger partial charge in [-0.3, -0.25) is 0 Å². The van der Waals surface area contributed by atoms with Crippen LogP contribution >= 0.6 is 0 Å². The highest BCUT2D eigenvalue weighted by Crippen LogP contribution is 2.32. The molecule has 1 aliphatic carbocycles. The molecule has 0 spiro atoms. The Morgan fingerprint density at radius 1 is 1.56 bits per heavy atom. The molecule has 0 radical (unpaired) electrons. The summed E-state index contributed by atoms with van der Waals surface area (Å²) in [5.74, 6) is -1.47. The second-order valence-corrected chi connectivity index (χ2v) is 3.83. The fourth-order valence-electron chi connectivity index (χ4n) is 2.04. The zero-order valence-corrected chi connectivity index (χ0v) is 8.50. The summed E-state index contributed by atoms with van der Waals surface area (Å²) in [4.78, 5) is 20.9. The standard InChI is InChI=1S/C9H11N3O4/c13-9(14)7-5-8(12(15)16)11(10-7)6-3-1-2-4-6/h5-6H,1-4H2,(H,13,14). The second-order valence-electron chi connectivity index (χ2n) is 3.83. The molecule has 0 saturated heterocycles. The molecular formula is C9H11N3O4. The molecule has 86 valence electrons. The number of carboxylic acids is 1. The van der Waals surface area contributed by atoms with Crippen molar-refractivity contribution < 1.29 is 14.8 Å². The van der Waals surface area contributed by atoms with Crippen LogP contribution in [0.4, 0.5) is 5.82 Å². The summed E-state index contributed by atoms with van der Waals surface area (Å²) in [7, 11) is 0. The fraction of sp³-hybridized carbons (Fsp3) is 0.556. The molecule has 1 saturated carbocycles. The normalized spacial score (nSPS) is 16.5. The summed E-state index contributed by atoms with van der Waals surface area (Å²) < 4.78 is 1.25. The highest BCUT2D eigenvalue weighted by atomic mass is 16.6. The van der Waals surface area contributed by atoms with Crippen LogP contribution in [-0.2, 0) is 0 Å². The van der Waals surface area contributed by atoms with Gasteiger partial charge in [0.25, 0.3) is 0 Å². The maximum Gasteiger partial charge on any atom is 0.358 e. The Balaban J connectivity index is 2.40. The van der Waals surface area contributed by atoms with E-state index in [2.05, 4.69) is 5.10 Å². The van der Waals surface area contributed by atoms with Crippen molar-refractivity contribution in [3.63, 3.8) is 0 Å². The Bertz CT molecular complexity index is 434. The zero-order valence-electron chi connectivity index (χ0n) is 8.50. The van der Waals surface area contributed by atoms with E-state index in [1.807, 2.05) is 0 Å². The van der Waals surface area contributed by atoms with E-state index in [1.165, 1.54) is 4.68 Å². The van der Waals surface area contributed by atoms with Gasteiger partial charge in [0.15, 0.2) is 5.69 Å². The van der Waals surface area contributed by atoms with Gasteiger partial charge in [0.1, 0.15) is 6.04 Å². The smallest absolute Gasteiger partial charge is 0.358 e. The van der Waals surface area contributed by atoms with Crippen LogP contribution in [0.2, 0.25) is 0 Å². The minimum Gasteiger partial charge on any atom is -0.476 e. The summed E-state index contributed by atoms with van der Waals surface area (Å²) in [6.45, 7) is 0. The number of carboxylic acid groups (broad SMARTS) is 1. The molecular weight excluding hydrogens is 214 g/mol. The molecule has 7 nitrogen and oxygen atoms in total. The lowest BCUT2D eigenvalue weighted by Crippen LogP contribution is -2.10. The number of rotatable bonds is 3. The quantitative estimate of drug-likeness (QED) is 0.622. The summed E-state index contributed by atoms with van der Waals surface area (Å²) in [5, 5.41) is 23.3. The highest BCUT2D eigenvalue weighted by Gasteiger charge is 2.30. The Kier molecular flexibility index (Phi) is 2.59. The van der Waals surface area contributed by atoms with Crippen LogP contribution in [-0.4, -0.2) is 25.8 Å². The highest BCUT2D eigenvalue weighted by molar-refractivity contribution is 5.85. The average Bonchev–Trinajstić information content (AvgIpc) is 2.86. The predicted molar refractivity (Wildman–Crippen MR) is 53.3 cm³/mol. The van der Waals surface area contributed by atoms with E-state index >= 15 is 0 Å². The molecule has 2 rings (SSSR count). The summed E-state index contributed by atoms with van der Waals surface area (Å²) in [6.07, 6.45) is 3.65. The Labute approximate surface area is 90.8 Å². The molecule has 1 aromatic rings. The fourth-order valence-corrected chi connectivity index (χ4v) is 2.04. The van der Waals surface area contributed by atoms with Crippen LogP contribution < -0.4 is 0 Å². The van der Waals surface area contributed by atoms with E-state index in [0.29, 0.717) is 0 Å². The van der Waals surface area contributed by atoms with Gasteiger partial charge in [-0.25, -0.2) is 4.79 Å². The van der Waals surface area contributed by atoms with Crippen molar-refractivity contribution in [2.24, 2.45) is 0 Å². The number of nitrogens with zero attached hydrogens (tertiary/aromatic N) is 3. The lowest BCUT2D eigenvalue weighted by atomic mass is 10.2. The molecule has 0 aromatic carbocycles. The van der Waals surface area contributed by atoms with Gasteiger partial charge in [0.05, 0.1) is 6.07 Å². The average molecular weight is 225 g/mol. The third-order valence-electron chi connectivity index (χ3n) is 2.79. The maximum atomic E-state index is 10.8. The van der Waals surface area contributed by atoms with Gasteiger partial charge in [-0.05, 0) is 30.6 Å². The van der Waals surface area contributed by atoms with Crippen LogP contribution in [0.15, 0.2) is 6.07 Å². The Morgan fingerprint density at radius 3 is 2.69 bits per heavy atom. The molecule has 1 fully saturated rings. The molecule has 0 atom stereocenters. The maximum absolute atomic E-state index is 10.8. The van der Waals surface area contributed by atoms with E-state index in [9.17, 15) is 14.9 Å². The third kappa shape index (κ3) is 1.75. The minimum absolute atomic E-state index is 0.0338. The lowest BCUT2D eigenvalue weighted by Gasteiger charge is -2.04. The van der Waals surface area contributed by atoms with Crippen molar-refractivity contribution >= 4 is 11.8 Å². The van der Waals surface area contributed by atoms with E-state index < -0.39 is 10.9 Å². The first-order chi connectivity index (χ1) is 7.59. The topological polar surface area (TPSA) is 98.3 Å². The molecule has 16 heavy (non-hydrogen) atoms. The number of aromatic carboxylic acids is 1. The van der Waals surface area contributed by atoms with Crippen LogP contribution in [0.1, 0.15) is 42.2 Å². The van der Waals surface area contributed by atoms with Gasteiger partial charge in [-0.1, -0.05) is 5.10 Å². The van der Waals surface area contributed by atoms with Crippen LogP contribution in [0.5, 0.6) is 0 Å². The van der Waals surface area contributed by atoms with Gasteiger partial charge >= 0.3 is 11.8 Å². The number of hydrogen-bond acceptors (Lipinski definition) is 4. The van der Waals surface area contributed by atoms with Crippen molar-refractivity contribution in [3.05, 3.63) is 21.9 Å². The zero-order chi connectivity index (χ0) is 11.7. The van der Waals surface area contributed by atoms with E-state index in [-0.39, 0.29) is 17.6 Å². The number of carbonyl (C=O) groups is 1. The first-order valence-corrected chi connectivity index (χ1v) is 5.07. The summed E-state index contributed by atoms with van der Waals surface area (Å²) in [6, 6.07) is 0.981. The van der Waals surface area contributed by atoms with Crippen molar-refractivity contribution in [1.29, 1.82) is 0 Å². The van der Waals surface area contributed by atoms with Gasteiger partial charge in [0.2, 0.25) is 0 Å². The molecule has 1 aromatic heterocycles. The molecule has 0 bridgehead atoms. The Morgan fingerprint density at radius 2 is 2.19 bits per heavy atom. The molecule has 0 aliphatic heterocycles. The summed E-state index contributed by atoms with van der Waals surface area (Å²) in [5.41, 5.74) is -0.265. The van der Waals surface area contributed by atoms with Crippen molar-refractivity contribution in [1.82, 2.24) is 9.78 Å². The molecule has 0 amide bonds. The molecule has 1 N–H and O–H groups in total. The van der Waals surface area contributed by atoms with Crippen LogP contribution in [0, 0.1) is 10.1 Å². The largest absolute Gasteiger partial charge is 0.476 e. The van der Waals surface area contributed by atoms with Crippen molar-refractivity contribution in [2.45, 2.75) is 31.7 Å². The molecule has 7 heteroatoms. The molecule has 1 aliphatic rings. The van der Waals surface area contributed by atoms with E-state index in [1.54, 1.807) is 0 Å². The van der Waals surface area contributed by atoms with Crippen LogP contribution in [0.3, 0.4) is 0 Å². The van der Waals surface area contributed by atoms with Gasteiger partial charge in [-0.2, -0.15) is 0 Å². The Hall–Kier alpha value is -1.92. The van der Waals surface area contributed by atoms with Crippen molar-refractivity contribution in [2.75, 3.05) is 0 Å².